The van der Waals surface area contributed by atoms with E-state index >= 15 is 0 Å². The molecule has 0 aliphatic rings. The SMILES string of the molecule is CNC(C)C(CCCOc1ccccc1)C(C)C. The third-order valence-electron chi connectivity index (χ3n) is 3.65. The molecule has 0 amide bonds. The molecular weight excluding hydrogens is 222 g/mol. The molecule has 18 heavy (non-hydrogen) atoms. The van der Waals surface area contributed by atoms with Crippen LogP contribution in [0, 0.1) is 11.8 Å². The highest BCUT2D eigenvalue weighted by molar-refractivity contribution is 5.20. The molecule has 0 fully saturated rings. The van der Waals surface area contributed by atoms with Gasteiger partial charge in [-0.3, -0.25) is 0 Å². The Morgan fingerprint density at radius 1 is 1.11 bits per heavy atom. The third-order valence-corrected chi connectivity index (χ3v) is 3.65. The first-order chi connectivity index (χ1) is 8.65. The number of rotatable bonds is 8. The Kier molecular flexibility index (Phi) is 6.81. The summed E-state index contributed by atoms with van der Waals surface area (Å²) < 4.78 is 5.73. The van der Waals surface area contributed by atoms with E-state index in [0.29, 0.717) is 12.0 Å². The second-order valence-corrected chi connectivity index (χ2v) is 5.29. The van der Waals surface area contributed by atoms with Crippen molar-refractivity contribution in [1.82, 2.24) is 5.32 Å². The van der Waals surface area contributed by atoms with E-state index in [1.165, 1.54) is 6.42 Å². The van der Waals surface area contributed by atoms with Gasteiger partial charge in [0.05, 0.1) is 6.61 Å². The van der Waals surface area contributed by atoms with E-state index in [0.717, 1.165) is 24.7 Å². The van der Waals surface area contributed by atoms with Gasteiger partial charge < -0.3 is 10.1 Å². The van der Waals surface area contributed by atoms with Crippen molar-refractivity contribution in [1.29, 1.82) is 0 Å². The van der Waals surface area contributed by atoms with E-state index in [9.17, 15) is 0 Å². The highest BCUT2D eigenvalue weighted by Crippen LogP contribution is 2.21. The van der Waals surface area contributed by atoms with Gasteiger partial charge in [-0.15, -0.1) is 0 Å². The van der Waals surface area contributed by atoms with E-state index in [4.69, 9.17) is 4.74 Å². The number of ether oxygens (including phenoxy) is 1. The minimum Gasteiger partial charge on any atom is -0.494 e. The lowest BCUT2D eigenvalue weighted by molar-refractivity contribution is 0.242. The highest BCUT2D eigenvalue weighted by atomic mass is 16.5. The minimum absolute atomic E-state index is 0.571. The zero-order chi connectivity index (χ0) is 13.4. The van der Waals surface area contributed by atoms with Gasteiger partial charge in [0, 0.05) is 6.04 Å². The lowest BCUT2D eigenvalue weighted by Gasteiger charge is -2.27. The summed E-state index contributed by atoms with van der Waals surface area (Å²) in [5.74, 6) is 2.40. The number of para-hydroxylation sites is 1. The van der Waals surface area contributed by atoms with Gasteiger partial charge in [-0.25, -0.2) is 0 Å². The van der Waals surface area contributed by atoms with Crippen LogP contribution < -0.4 is 10.1 Å². The Labute approximate surface area is 112 Å². The summed E-state index contributed by atoms with van der Waals surface area (Å²) in [7, 11) is 2.04. The van der Waals surface area contributed by atoms with Crippen LogP contribution in [0.2, 0.25) is 0 Å². The molecule has 1 aromatic carbocycles. The molecule has 102 valence electrons. The molecular formula is C16H27NO. The lowest BCUT2D eigenvalue weighted by atomic mass is 9.85. The quantitative estimate of drug-likeness (QED) is 0.709. The van der Waals surface area contributed by atoms with Crippen molar-refractivity contribution < 1.29 is 4.74 Å². The summed E-state index contributed by atoms with van der Waals surface area (Å²) in [5.41, 5.74) is 0. The van der Waals surface area contributed by atoms with Gasteiger partial charge in [0.1, 0.15) is 5.75 Å². The Morgan fingerprint density at radius 2 is 1.78 bits per heavy atom. The minimum atomic E-state index is 0.571. The Bertz CT molecular complexity index is 310. The molecule has 0 aliphatic heterocycles. The van der Waals surface area contributed by atoms with E-state index in [1.54, 1.807) is 0 Å². The van der Waals surface area contributed by atoms with Gasteiger partial charge in [0.2, 0.25) is 0 Å². The van der Waals surface area contributed by atoms with Crippen LogP contribution in [0.3, 0.4) is 0 Å². The molecule has 0 spiro atoms. The molecule has 0 heterocycles. The van der Waals surface area contributed by atoms with Crippen LogP contribution in [0.1, 0.15) is 33.6 Å². The predicted octanol–water partition coefficient (Wildman–Crippen LogP) is 3.73. The van der Waals surface area contributed by atoms with E-state index in [1.807, 2.05) is 37.4 Å². The molecule has 0 saturated heterocycles. The maximum Gasteiger partial charge on any atom is 0.119 e. The molecule has 0 aliphatic carbocycles. The summed E-state index contributed by atoms with van der Waals surface area (Å²) in [4.78, 5) is 0. The van der Waals surface area contributed by atoms with Crippen molar-refractivity contribution >= 4 is 0 Å². The summed E-state index contributed by atoms with van der Waals surface area (Å²) >= 11 is 0. The van der Waals surface area contributed by atoms with Gasteiger partial charge >= 0.3 is 0 Å². The molecule has 1 N–H and O–H groups in total. The molecule has 2 nitrogen and oxygen atoms in total. The largest absolute Gasteiger partial charge is 0.494 e. The molecule has 2 atom stereocenters. The van der Waals surface area contributed by atoms with Crippen LogP contribution in [0.4, 0.5) is 0 Å². The molecule has 2 unspecified atom stereocenters. The van der Waals surface area contributed by atoms with E-state index in [2.05, 4.69) is 26.1 Å². The summed E-state index contributed by atoms with van der Waals surface area (Å²) in [6, 6.07) is 10.6. The Morgan fingerprint density at radius 3 is 2.33 bits per heavy atom. The zero-order valence-corrected chi connectivity index (χ0v) is 12.1. The molecule has 2 heteroatoms. The summed E-state index contributed by atoms with van der Waals surface area (Å²) in [6.07, 6.45) is 2.33. The van der Waals surface area contributed by atoms with Gasteiger partial charge in [-0.1, -0.05) is 32.0 Å². The second-order valence-electron chi connectivity index (χ2n) is 5.29. The summed E-state index contributed by atoms with van der Waals surface area (Å²) in [5, 5.41) is 3.36. The average Bonchev–Trinajstić information content (AvgIpc) is 2.38. The fourth-order valence-electron chi connectivity index (χ4n) is 2.40. The number of nitrogens with one attached hydrogen (secondary N) is 1. The predicted molar refractivity (Wildman–Crippen MR) is 78.0 cm³/mol. The van der Waals surface area contributed by atoms with Crippen molar-refractivity contribution in [3.63, 3.8) is 0 Å². The third kappa shape index (κ3) is 5.09. The first-order valence-corrected chi connectivity index (χ1v) is 7.00. The van der Waals surface area contributed by atoms with Gasteiger partial charge in [-0.05, 0) is 50.8 Å². The highest BCUT2D eigenvalue weighted by Gasteiger charge is 2.18. The zero-order valence-electron chi connectivity index (χ0n) is 12.1. The van der Waals surface area contributed by atoms with Crippen LogP contribution in [0.5, 0.6) is 5.75 Å². The first kappa shape index (κ1) is 15.0. The average molecular weight is 249 g/mol. The molecule has 0 aromatic heterocycles. The molecule has 0 radical (unpaired) electrons. The van der Waals surface area contributed by atoms with Crippen molar-refractivity contribution in [3.05, 3.63) is 30.3 Å². The van der Waals surface area contributed by atoms with Crippen molar-refractivity contribution in [2.45, 2.75) is 39.7 Å². The van der Waals surface area contributed by atoms with Crippen molar-refractivity contribution in [3.8, 4) is 5.75 Å². The monoisotopic (exact) mass is 249 g/mol. The van der Waals surface area contributed by atoms with E-state index < -0.39 is 0 Å². The standard InChI is InChI=1S/C16H27NO/c1-13(2)16(14(3)17-4)11-8-12-18-15-9-6-5-7-10-15/h5-7,9-10,13-14,16-17H,8,11-12H2,1-4H3. The van der Waals surface area contributed by atoms with Crippen molar-refractivity contribution in [2.75, 3.05) is 13.7 Å². The first-order valence-electron chi connectivity index (χ1n) is 7.00. The fourth-order valence-corrected chi connectivity index (χ4v) is 2.40. The molecule has 0 bridgehead atoms. The Hall–Kier alpha value is -1.02. The number of hydrogen-bond acceptors (Lipinski definition) is 2. The lowest BCUT2D eigenvalue weighted by Crippen LogP contribution is -2.33. The smallest absolute Gasteiger partial charge is 0.119 e. The molecule has 1 rings (SSSR count). The molecule has 0 saturated carbocycles. The normalized spacial score (nSPS) is 14.5. The summed E-state index contributed by atoms with van der Waals surface area (Å²) in [6.45, 7) is 7.68. The van der Waals surface area contributed by atoms with Crippen LogP contribution in [-0.2, 0) is 0 Å². The van der Waals surface area contributed by atoms with Gasteiger partial charge in [0.15, 0.2) is 0 Å². The Balaban J connectivity index is 2.27. The van der Waals surface area contributed by atoms with Crippen LogP contribution in [0.25, 0.3) is 0 Å². The molecule has 1 aromatic rings. The van der Waals surface area contributed by atoms with E-state index in [-0.39, 0.29) is 0 Å². The van der Waals surface area contributed by atoms with Gasteiger partial charge in [0.25, 0.3) is 0 Å². The van der Waals surface area contributed by atoms with Crippen LogP contribution >= 0.6 is 0 Å². The number of benzene rings is 1. The maximum atomic E-state index is 5.73. The topological polar surface area (TPSA) is 21.3 Å². The van der Waals surface area contributed by atoms with Gasteiger partial charge in [-0.2, -0.15) is 0 Å². The second kappa shape index (κ2) is 8.15. The van der Waals surface area contributed by atoms with Crippen molar-refractivity contribution in [2.24, 2.45) is 11.8 Å². The maximum absolute atomic E-state index is 5.73. The van der Waals surface area contributed by atoms with Crippen LogP contribution in [-0.4, -0.2) is 19.7 Å². The number of hydrogen-bond donors (Lipinski definition) is 1. The fraction of sp³-hybridized carbons (Fsp3) is 0.625. The van der Waals surface area contributed by atoms with Crippen LogP contribution in [0.15, 0.2) is 30.3 Å².